The van der Waals surface area contributed by atoms with Gasteiger partial charge in [-0.05, 0) is 63.3 Å². The second-order valence-electron chi connectivity index (χ2n) is 8.69. The SMILES string of the molecule is CCOC(=O)c1c(-n2c(O)c(C=Nc3ccccc3OCC)c3ccccc3c2=O)sc2c1CCCC2. The van der Waals surface area contributed by atoms with Gasteiger partial charge in [0.05, 0.1) is 24.3 Å². The molecule has 0 unspecified atom stereocenters. The molecule has 4 aromatic rings. The van der Waals surface area contributed by atoms with E-state index in [4.69, 9.17) is 9.47 Å². The van der Waals surface area contributed by atoms with Gasteiger partial charge in [0.15, 0.2) is 0 Å². The van der Waals surface area contributed by atoms with Gasteiger partial charge in [-0.15, -0.1) is 11.3 Å². The van der Waals surface area contributed by atoms with E-state index in [2.05, 4.69) is 4.99 Å². The molecule has 0 bridgehead atoms. The number of fused-ring (bicyclic) bond motifs is 2. The van der Waals surface area contributed by atoms with Crippen molar-refractivity contribution in [1.29, 1.82) is 0 Å². The first-order valence-corrected chi connectivity index (χ1v) is 13.3. The number of aliphatic imine (C=N–C) groups is 1. The quantitative estimate of drug-likeness (QED) is 0.242. The largest absolute Gasteiger partial charge is 0.494 e. The fraction of sp³-hybridized carbons (Fsp3) is 0.276. The summed E-state index contributed by atoms with van der Waals surface area (Å²) in [6.07, 6.45) is 5.10. The molecule has 0 spiro atoms. The third kappa shape index (κ3) is 4.53. The van der Waals surface area contributed by atoms with Crippen LogP contribution >= 0.6 is 11.3 Å². The van der Waals surface area contributed by atoms with Crippen LogP contribution < -0.4 is 10.3 Å². The summed E-state index contributed by atoms with van der Waals surface area (Å²) in [6.45, 7) is 4.37. The Bertz CT molecular complexity index is 1570. The number of aryl methyl sites for hydroxylation is 1. The number of carbonyl (C=O) groups excluding carboxylic acids is 1. The predicted octanol–water partition coefficient (Wildman–Crippen LogP) is 5.96. The Morgan fingerprint density at radius 3 is 2.57 bits per heavy atom. The van der Waals surface area contributed by atoms with Crippen LogP contribution in [0.3, 0.4) is 0 Å². The van der Waals surface area contributed by atoms with Gasteiger partial charge in [-0.1, -0.05) is 30.3 Å². The van der Waals surface area contributed by atoms with Crippen LogP contribution in [-0.4, -0.2) is 35.1 Å². The molecule has 2 heterocycles. The third-order valence-corrected chi connectivity index (χ3v) is 7.71. The van der Waals surface area contributed by atoms with E-state index in [1.54, 1.807) is 31.3 Å². The predicted molar refractivity (Wildman–Crippen MR) is 147 cm³/mol. The van der Waals surface area contributed by atoms with Crippen molar-refractivity contribution >= 4 is 40.0 Å². The van der Waals surface area contributed by atoms with Gasteiger partial charge in [0.1, 0.15) is 16.4 Å². The molecule has 0 atom stereocenters. The van der Waals surface area contributed by atoms with Crippen LogP contribution in [0.4, 0.5) is 5.69 Å². The summed E-state index contributed by atoms with van der Waals surface area (Å²) in [4.78, 5) is 32.5. The molecule has 5 rings (SSSR count). The summed E-state index contributed by atoms with van der Waals surface area (Å²) < 4.78 is 12.3. The molecule has 0 fully saturated rings. The monoisotopic (exact) mass is 516 g/mol. The fourth-order valence-corrected chi connectivity index (χ4v) is 6.15. The van der Waals surface area contributed by atoms with Gasteiger partial charge in [-0.3, -0.25) is 9.79 Å². The maximum atomic E-state index is 13.8. The van der Waals surface area contributed by atoms with Gasteiger partial charge >= 0.3 is 5.97 Å². The van der Waals surface area contributed by atoms with E-state index in [0.29, 0.717) is 44.9 Å². The number of hydrogen-bond donors (Lipinski definition) is 1. The van der Waals surface area contributed by atoms with E-state index in [0.717, 1.165) is 36.1 Å². The first kappa shape index (κ1) is 24.8. The maximum absolute atomic E-state index is 13.8. The van der Waals surface area contributed by atoms with E-state index >= 15 is 0 Å². The number of thiophene rings is 1. The molecule has 0 saturated heterocycles. The van der Waals surface area contributed by atoms with Crippen molar-refractivity contribution in [2.24, 2.45) is 4.99 Å². The fourth-order valence-electron chi connectivity index (χ4n) is 4.78. The number of esters is 1. The smallest absolute Gasteiger partial charge is 0.341 e. The molecule has 1 N–H and O–H groups in total. The zero-order valence-electron chi connectivity index (χ0n) is 20.8. The number of aromatic hydroxyl groups is 1. The van der Waals surface area contributed by atoms with Crippen molar-refractivity contribution < 1.29 is 19.4 Å². The Morgan fingerprint density at radius 2 is 1.78 bits per heavy atom. The van der Waals surface area contributed by atoms with E-state index in [1.807, 2.05) is 37.3 Å². The first-order valence-electron chi connectivity index (χ1n) is 12.5. The van der Waals surface area contributed by atoms with Crippen LogP contribution in [0.2, 0.25) is 0 Å². The topological polar surface area (TPSA) is 90.1 Å². The van der Waals surface area contributed by atoms with Gasteiger partial charge in [-0.2, -0.15) is 0 Å². The van der Waals surface area contributed by atoms with Crippen LogP contribution in [0.1, 0.15) is 53.1 Å². The minimum Gasteiger partial charge on any atom is -0.494 e. The molecule has 190 valence electrons. The molecule has 1 aliphatic rings. The number of para-hydroxylation sites is 2. The minimum atomic E-state index is -0.475. The number of rotatable bonds is 7. The van der Waals surface area contributed by atoms with E-state index < -0.39 is 11.5 Å². The highest BCUT2D eigenvalue weighted by Crippen LogP contribution is 2.39. The van der Waals surface area contributed by atoms with Crippen molar-refractivity contribution in [3.8, 4) is 16.6 Å². The number of aromatic nitrogens is 1. The lowest BCUT2D eigenvalue weighted by atomic mass is 9.95. The maximum Gasteiger partial charge on any atom is 0.341 e. The van der Waals surface area contributed by atoms with Crippen LogP contribution in [0.25, 0.3) is 15.8 Å². The molecule has 0 saturated carbocycles. The van der Waals surface area contributed by atoms with Gasteiger partial charge in [0.2, 0.25) is 5.88 Å². The highest BCUT2D eigenvalue weighted by molar-refractivity contribution is 7.15. The average molecular weight is 517 g/mol. The number of pyridine rings is 1. The van der Waals surface area contributed by atoms with Crippen molar-refractivity contribution in [3.05, 3.63) is 80.5 Å². The molecular weight excluding hydrogens is 488 g/mol. The molecule has 0 aliphatic heterocycles. The molecule has 37 heavy (non-hydrogen) atoms. The zero-order valence-corrected chi connectivity index (χ0v) is 21.6. The van der Waals surface area contributed by atoms with Gasteiger partial charge in [0, 0.05) is 21.9 Å². The highest BCUT2D eigenvalue weighted by Gasteiger charge is 2.30. The summed E-state index contributed by atoms with van der Waals surface area (Å²) in [7, 11) is 0. The molecule has 7 nitrogen and oxygen atoms in total. The standard InChI is InChI=1S/C29H28N2O5S/c1-3-35-23-15-9-8-14-22(23)30-17-21-18-11-5-6-12-19(18)26(32)31(27(21)33)28-25(29(34)36-4-2)20-13-7-10-16-24(20)37-28/h5-6,8-9,11-12,14-15,17,33H,3-4,7,10,13,16H2,1-2H3. The average Bonchev–Trinajstić information content (AvgIpc) is 3.29. The second kappa shape index (κ2) is 10.6. The lowest BCUT2D eigenvalue weighted by molar-refractivity contribution is 0.0525. The molecule has 8 heteroatoms. The Hall–Kier alpha value is -3.91. The normalized spacial score (nSPS) is 13.1. The third-order valence-electron chi connectivity index (χ3n) is 6.44. The molecule has 0 radical (unpaired) electrons. The summed E-state index contributed by atoms with van der Waals surface area (Å²) in [5.41, 5.74) is 1.88. The van der Waals surface area contributed by atoms with E-state index in [1.165, 1.54) is 15.9 Å². The molecule has 2 aromatic heterocycles. The van der Waals surface area contributed by atoms with E-state index in [-0.39, 0.29) is 12.5 Å². The zero-order chi connectivity index (χ0) is 25.9. The van der Waals surface area contributed by atoms with Crippen LogP contribution in [0.15, 0.2) is 58.3 Å². The van der Waals surface area contributed by atoms with Gasteiger partial charge < -0.3 is 14.6 Å². The lowest BCUT2D eigenvalue weighted by Crippen LogP contribution is -2.22. The Balaban J connectivity index is 1.76. The Labute approximate surface area is 218 Å². The minimum absolute atomic E-state index is 0.221. The number of nitrogens with zero attached hydrogens (tertiary/aromatic N) is 2. The van der Waals surface area contributed by atoms with Gasteiger partial charge in [0.25, 0.3) is 5.56 Å². The Kier molecular flexibility index (Phi) is 7.10. The molecule has 1 aliphatic carbocycles. The summed E-state index contributed by atoms with van der Waals surface area (Å²) in [6, 6.07) is 14.5. The summed E-state index contributed by atoms with van der Waals surface area (Å²) in [5.74, 6) is -0.128. The number of ether oxygens (including phenoxy) is 2. The van der Waals surface area contributed by atoms with Crippen molar-refractivity contribution in [3.63, 3.8) is 0 Å². The van der Waals surface area contributed by atoms with Crippen LogP contribution in [-0.2, 0) is 17.6 Å². The van der Waals surface area contributed by atoms with Crippen molar-refractivity contribution in [2.75, 3.05) is 13.2 Å². The number of carbonyl (C=O) groups is 1. The lowest BCUT2D eigenvalue weighted by Gasteiger charge is -2.15. The molecule has 2 aromatic carbocycles. The van der Waals surface area contributed by atoms with Crippen LogP contribution in [0.5, 0.6) is 11.6 Å². The van der Waals surface area contributed by atoms with Gasteiger partial charge in [-0.25, -0.2) is 9.36 Å². The number of benzene rings is 2. The van der Waals surface area contributed by atoms with Crippen molar-refractivity contribution in [2.45, 2.75) is 39.5 Å². The second-order valence-corrected chi connectivity index (χ2v) is 9.78. The van der Waals surface area contributed by atoms with E-state index in [9.17, 15) is 14.7 Å². The Morgan fingerprint density at radius 1 is 1.05 bits per heavy atom. The summed E-state index contributed by atoms with van der Waals surface area (Å²) >= 11 is 1.38. The number of hydrogen-bond acceptors (Lipinski definition) is 7. The van der Waals surface area contributed by atoms with Crippen molar-refractivity contribution in [1.82, 2.24) is 4.57 Å². The van der Waals surface area contributed by atoms with Crippen LogP contribution in [0, 0.1) is 0 Å². The highest BCUT2D eigenvalue weighted by atomic mass is 32.1. The molecule has 0 amide bonds. The summed E-state index contributed by atoms with van der Waals surface area (Å²) in [5, 5.41) is 12.9. The first-order chi connectivity index (χ1) is 18.0. The molecular formula is C29H28N2O5S.